The number of nitrogens with zero attached hydrogens (tertiary/aromatic N) is 2. The third-order valence-corrected chi connectivity index (χ3v) is 2.77. The first-order chi connectivity index (χ1) is 7.70. The second kappa shape index (κ2) is 4.69. The van der Waals surface area contributed by atoms with Gasteiger partial charge in [0, 0.05) is 28.9 Å². The molecule has 1 heterocycles. The number of rotatable bonds is 2. The van der Waals surface area contributed by atoms with Crippen LogP contribution in [0.4, 0.5) is 0 Å². The van der Waals surface area contributed by atoms with Crippen molar-refractivity contribution in [2.45, 2.75) is 12.8 Å². The summed E-state index contributed by atoms with van der Waals surface area (Å²) in [6, 6.07) is 9.41. The van der Waals surface area contributed by atoms with Crippen molar-refractivity contribution in [2.75, 3.05) is 0 Å². The Hall–Kier alpha value is -1.30. The van der Waals surface area contributed by atoms with E-state index in [2.05, 4.69) is 11.1 Å². The molecule has 0 aliphatic heterocycles. The Morgan fingerprint density at radius 1 is 1.25 bits per heavy atom. The molecule has 0 bridgehead atoms. The van der Waals surface area contributed by atoms with Gasteiger partial charge in [0.15, 0.2) is 0 Å². The molecule has 0 spiro atoms. The number of hydrogen-bond donors (Lipinski definition) is 0. The fourth-order valence-corrected chi connectivity index (χ4v) is 2.07. The number of nitriles is 1. The molecule has 0 radical (unpaired) electrons. The van der Waals surface area contributed by atoms with Gasteiger partial charge in [0.05, 0.1) is 16.6 Å². The van der Waals surface area contributed by atoms with E-state index >= 15 is 0 Å². The van der Waals surface area contributed by atoms with Crippen molar-refractivity contribution in [2.24, 2.45) is 0 Å². The molecule has 4 heteroatoms. The van der Waals surface area contributed by atoms with Crippen molar-refractivity contribution in [1.82, 2.24) is 4.98 Å². The summed E-state index contributed by atoms with van der Waals surface area (Å²) in [5.74, 6) is 0. The maximum atomic E-state index is 8.51. The van der Waals surface area contributed by atoms with E-state index in [1.165, 1.54) is 0 Å². The minimum atomic E-state index is 0.462. The molecule has 0 amide bonds. The molecular weight excluding hydrogens is 243 g/mol. The predicted octanol–water partition coefficient (Wildman–Crippen LogP) is 4.00. The zero-order valence-electron chi connectivity index (χ0n) is 8.37. The van der Waals surface area contributed by atoms with Crippen molar-refractivity contribution in [3.8, 4) is 6.07 Å². The maximum absolute atomic E-state index is 8.51. The molecule has 1 aromatic carbocycles. The second-order valence-electron chi connectivity index (χ2n) is 3.42. The molecule has 2 aromatic rings. The summed E-state index contributed by atoms with van der Waals surface area (Å²) in [5, 5.41) is 10.6. The predicted molar refractivity (Wildman–Crippen MR) is 65.7 cm³/mol. The smallest absolute Gasteiger partial charge is 0.0892 e. The summed E-state index contributed by atoms with van der Waals surface area (Å²) in [6.07, 6.45) is 1.11. The highest BCUT2D eigenvalue weighted by Gasteiger charge is 2.04. The van der Waals surface area contributed by atoms with E-state index in [9.17, 15) is 0 Å². The number of aromatic nitrogens is 1. The average molecular weight is 251 g/mol. The van der Waals surface area contributed by atoms with E-state index in [0.717, 1.165) is 16.6 Å². The van der Waals surface area contributed by atoms with Crippen molar-refractivity contribution in [3.05, 3.63) is 40.0 Å². The van der Waals surface area contributed by atoms with Crippen LogP contribution >= 0.6 is 23.2 Å². The fraction of sp³-hybridized carbons (Fsp3) is 0.167. The Balaban J connectivity index is 2.50. The average Bonchev–Trinajstić information content (AvgIpc) is 2.26. The molecule has 0 aliphatic carbocycles. The number of halogens is 2. The first-order valence-corrected chi connectivity index (χ1v) is 5.58. The van der Waals surface area contributed by atoms with Gasteiger partial charge in [0.1, 0.15) is 0 Å². The molecule has 0 saturated heterocycles. The molecule has 0 N–H and O–H groups in total. The van der Waals surface area contributed by atoms with E-state index in [-0.39, 0.29) is 0 Å². The quantitative estimate of drug-likeness (QED) is 0.808. The third kappa shape index (κ3) is 2.27. The highest BCUT2D eigenvalue weighted by molar-refractivity contribution is 6.38. The van der Waals surface area contributed by atoms with Crippen LogP contribution in [0.25, 0.3) is 10.9 Å². The van der Waals surface area contributed by atoms with Crippen LogP contribution in [0.15, 0.2) is 24.3 Å². The SMILES string of the molecule is N#CCCc1ccc2cc(Cl)cc(Cl)c2n1. The number of hydrogen-bond acceptors (Lipinski definition) is 2. The Labute approximate surface area is 103 Å². The zero-order valence-corrected chi connectivity index (χ0v) is 9.89. The monoisotopic (exact) mass is 250 g/mol. The number of benzene rings is 1. The highest BCUT2D eigenvalue weighted by atomic mass is 35.5. The van der Waals surface area contributed by atoms with Gasteiger partial charge in [-0.05, 0) is 18.2 Å². The molecular formula is C12H8Cl2N2. The summed E-state index contributed by atoms with van der Waals surface area (Å²) in [7, 11) is 0. The van der Waals surface area contributed by atoms with Crippen LogP contribution in [0, 0.1) is 11.3 Å². The van der Waals surface area contributed by atoms with Gasteiger partial charge in [-0.2, -0.15) is 5.26 Å². The lowest BCUT2D eigenvalue weighted by molar-refractivity contribution is 0.963. The van der Waals surface area contributed by atoms with Gasteiger partial charge in [-0.15, -0.1) is 0 Å². The van der Waals surface area contributed by atoms with Gasteiger partial charge in [-0.1, -0.05) is 29.3 Å². The summed E-state index contributed by atoms with van der Waals surface area (Å²) in [5.41, 5.74) is 1.61. The van der Waals surface area contributed by atoms with Gasteiger partial charge in [0.2, 0.25) is 0 Å². The van der Waals surface area contributed by atoms with Crippen LogP contribution in [-0.2, 0) is 6.42 Å². The van der Waals surface area contributed by atoms with Gasteiger partial charge < -0.3 is 0 Å². The zero-order chi connectivity index (χ0) is 11.5. The highest BCUT2D eigenvalue weighted by Crippen LogP contribution is 2.26. The van der Waals surface area contributed by atoms with Crippen LogP contribution in [0.3, 0.4) is 0 Å². The third-order valence-electron chi connectivity index (χ3n) is 2.26. The molecule has 16 heavy (non-hydrogen) atoms. The normalized spacial score (nSPS) is 10.3. The van der Waals surface area contributed by atoms with Crippen molar-refractivity contribution < 1.29 is 0 Å². The van der Waals surface area contributed by atoms with E-state index in [1.807, 2.05) is 18.2 Å². The summed E-state index contributed by atoms with van der Waals surface area (Å²) in [6.45, 7) is 0. The molecule has 0 unspecified atom stereocenters. The van der Waals surface area contributed by atoms with Crippen LogP contribution < -0.4 is 0 Å². The van der Waals surface area contributed by atoms with E-state index < -0.39 is 0 Å². The van der Waals surface area contributed by atoms with Crippen LogP contribution in [0.5, 0.6) is 0 Å². The molecule has 2 nitrogen and oxygen atoms in total. The molecule has 0 atom stereocenters. The minimum Gasteiger partial charge on any atom is -0.251 e. The Morgan fingerprint density at radius 2 is 2.06 bits per heavy atom. The van der Waals surface area contributed by atoms with Crippen LogP contribution in [0.1, 0.15) is 12.1 Å². The Bertz CT molecular complexity index is 573. The molecule has 0 saturated carbocycles. The Kier molecular flexibility index (Phi) is 3.28. The maximum Gasteiger partial charge on any atom is 0.0892 e. The number of fused-ring (bicyclic) bond motifs is 1. The second-order valence-corrected chi connectivity index (χ2v) is 4.26. The van der Waals surface area contributed by atoms with Crippen LogP contribution in [0.2, 0.25) is 10.0 Å². The van der Waals surface area contributed by atoms with Crippen molar-refractivity contribution >= 4 is 34.1 Å². The van der Waals surface area contributed by atoms with E-state index in [4.69, 9.17) is 28.5 Å². The molecule has 0 aliphatic rings. The number of pyridine rings is 1. The molecule has 2 rings (SSSR count). The minimum absolute atomic E-state index is 0.462. The standard InChI is InChI=1S/C12H8Cl2N2/c13-9-6-8-3-4-10(2-1-5-15)16-12(8)11(14)7-9/h3-4,6-7H,1-2H2. The van der Waals surface area contributed by atoms with Crippen molar-refractivity contribution in [3.63, 3.8) is 0 Å². The molecule has 0 fully saturated rings. The summed E-state index contributed by atoms with van der Waals surface area (Å²) >= 11 is 11.9. The largest absolute Gasteiger partial charge is 0.251 e. The number of aryl methyl sites for hydroxylation is 1. The van der Waals surface area contributed by atoms with Gasteiger partial charge in [-0.3, -0.25) is 4.98 Å². The topological polar surface area (TPSA) is 36.7 Å². The fourth-order valence-electron chi connectivity index (χ4n) is 1.52. The summed E-state index contributed by atoms with van der Waals surface area (Å²) in [4.78, 5) is 4.41. The van der Waals surface area contributed by atoms with E-state index in [0.29, 0.717) is 22.9 Å². The lowest BCUT2D eigenvalue weighted by atomic mass is 10.1. The first-order valence-electron chi connectivity index (χ1n) is 4.82. The lowest BCUT2D eigenvalue weighted by Crippen LogP contribution is -1.90. The lowest BCUT2D eigenvalue weighted by Gasteiger charge is -2.03. The summed E-state index contributed by atoms with van der Waals surface area (Å²) < 4.78 is 0. The van der Waals surface area contributed by atoms with Gasteiger partial charge >= 0.3 is 0 Å². The first kappa shape index (κ1) is 11.2. The van der Waals surface area contributed by atoms with Gasteiger partial charge in [-0.25, -0.2) is 0 Å². The van der Waals surface area contributed by atoms with E-state index in [1.54, 1.807) is 6.07 Å². The van der Waals surface area contributed by atoms with Gasteiger partial charge in [0.25, 0.3) is 0 Å². The van der Waals surface area contributed by atoms with Crippen LogP contribution in [-0.4, -0.2) is 4.98 Å². The Morgan fingerprint density at radius 3 is 2.81 bits per heavy atom. The molecule has 80 valence electrons. The molecule has 1 aromatic heterocycles. The van der Waals surface area contributed by atoms with Crippen molar-refractivity contribution in [1.29, 1.82) is 5.26 Å².